The number of benzene rings is 3. The molecule has 2 heterocycles. The molecule has 0 radical (unpaired) electrons. The molecule has 1 aliphatic rings. The quantitative estimate of drug-likeness (QED) is 0.126. The lowest BCUT2D eigenvalue weighted by Crippen LogP contribution is -2.56. The summed E-state index contributed by atoms with van der Waals surface area (Å²) in [6.07, 6.45) is 3.19. The van der Waals surface area contributed by atoms with Gasteiger partial charge in [-0.05, 0) is 60.8 Å². The minimum absolute atomic E-state index is 0.0496. The van der Waals surface area contributed by atoms with E-state index in [2.05, 4.69) is 0 Å². The fraction of sp³-hybridized carbons (Fsp3) is 0. The molecule has 0 spiro atoms. The van der Waals surface area contributed by atoms with E-state index in [4.69, 9.17) is 12.2 Å². The van der Waals surface area contributed by atoms with Gasteiger partial charge in [-0.25, -0.2) is 0 Å². The van der Waals surface area contributed by atoms with Crippen LogP contribution < -0.4 is 9.80 Å². The Morgan fingerprint density at radius 2 is 1.28 bits per heavy atom. The molecule has 2 amide bonds. The van der Waals surface area contributed by atoms with Gasteiger partial charge in [0.1, 0.15) is 5.57 Å². The van der Waals surface area contributed by atoms with Crippen molar-refractivity contribution >= 4 is 52.3 Å². The lowest BCUT2D eigenvalue weighted by atomic mass is 10.1. The first-order valence-corrected chi connectivity index (χ1v) is 11.3. The Bertz CT molecular complexity index is 1470. The zero-order valence-electron chi connectivity index (χ0n) is 18.7. The standard InChI is InChI=1S/C27H18N4O4S/c32-25-24(18-22-15-8-16-28(22)21-13-7-14-23(17-21)31(34)35)26(33)30(20-11-5-2-6-12-20)27(36)29(25)19-9-3-1-4-10-19/h1-18H. The third-order valence-corrected chi connectivity index (χ3v) is 6.03. The molecule has 4 aromatic rings. The van der Waals surface area contributed by atoms with Gasteiger partial charge >= 0.3 is 0 Å². The summed E-state index contributed by atoms with van der Waals surface area (Å²) in [7, 11) is 0. The van der Waals surface area contributed by atoms with Gasteiger partial charge in [0.25, 0.3) is 17.5 Å². The van der Waals surface area contributed by atoms with E-state index in [0.29, 0.717) is 22.8 Å². The number of thiocarbonyl (C=S) groups is 1. The van der Waals surface area contributed by atoms with E-state index in [9.17, 15) is 19.7 Å². The number of hydrogen-bond acceptors (Lipinski definition) is 5. The number of nitro benzene ring substituents is 1. The Hall–Kier alpha value is -4.89. The molecule has 0 saturated carbocycles. The number of non-ortho nitro benzene ring substituents is 1. The highest BCUT2D eigenvalue weighted by atomic mass is 32.1. The molecule has 0 bridgehead atoms. The van der Waals surface area contributed by atoms with Crippen LogP contribution in [0.3, 0.4) is 0 Å². The zero-order valence-corrected chi connectivity index (χ0v) is 19.5. The van der Waals surface area contributed by atoms with Gasteiger partial charge in [0.2, 0.25) is 0 Å². The first-order chi connectivity index (χ1) is 17.5. The summed E-state index contributed by atoms with van der Waals surface area (Å²) in [5.74, 6) is -1.12. The van der Waals surface area contributed by atoms with Crippen LogP contribution in [0.2, 0.25) is 0 Å². The molecule has 0 aliphatic carbocycles. The molecule has 8 nitrogen and oxygen atoms in total. The largest absolute Gasteiger partial charge is 0.317 e. The number of amides is 2. The lowest BCUT2D eigenvalue weighted by Gasteiger charge is -2.36. The number of nitrogens with zero attached hydrogens (tertiary/aromatic N) is 4. The number of anilines is 2. The van der Waals surface area contributed by atoms with E-state index in [1.165, 1.54) is 28.0 Å². The third-order valence-electron chi connectivity index (χ3n) is 5.67. The number of carbonyl (C=O) groups excluding carboxylic acids is 2. The number of para-hydroxylation sites is 2. The smallest absolute Gasteiger partial charge is 0.271 e. The average molecular weight is 495 g/mol. The fourth-order valence-electron chi connectivity index (χ4n) is 3.99. The number of nitro groups is 1. The summed E-state index contributed by atoms with van der Waals surface area (Å²) in [5, 5.41) is 11.3. The lowest BCUT2D eigenvalue weighted by molar-refractivity contribution is -0.384. The summed E-state index contributed by atoms with van der Waals surface area (Å²) in [6.45, 7) is 0. The summed E-state index contributed by atoms with van der Waals surface area (Å²) in [5.41, 5.74) is 1.91. The van der Waals surface area contributed by atoms with Crippen molar-refractivity contribution in [3.63, 3.8) is 0 Å². The predicted molar refractivity (Wildman–Crippen MR) is 141 cm³/mol. The minimum atomic E-state index is -0.560. The second-order valence-electron chi connectivity index (χ2n) is 7.87. The topological polar surface area (TPSA) is 88.7 Å². The van der Waals surface area contributed by atoms with E-state index in [1.807, 2.05) is 12.1 Å². The van der Waals surface area contributed by atoms with Crippen molar-refractivity contribution in [2.75, 3.05) is 9.80 Å². The summed E-state index contributed by atoms with van der Waals surface area (Å²) < 4.78 is 1.67. The van der Waals surface area contributed by atoms with E-state index in [-0.39, 0.29) is 16.4 Å². The SMILES string of the molecule is O=C1C(=Cc2cccn2-c2cccc([N+](=O)[O-])c2)C(=O)N(c2ccccc2)C(=S)N1c1ccccc1. The van der Waals surface area contributed by atoms with Crippen molar-refractivity contribution in [1.82, 2.24) is 4.57 Å². The second kappa shape index (κ2) is 9.40. The first-order valence-electron chi connectivity index (χ1n) is 10.9. The van der Waals surface area contributed by atoms with Crippen molar-refractivity contribution in [1.29, 1.82) is 0 Å². The number of aromatic nitrogens is 1. The van der Waals surface area contributed by atoms with E-state index in [1.54, 1.807) is 83.6 Å². The molecule has 1 aliphatic heterocycles. The van der Waals surface area contributed by atoms with Crippen molar-refractivity contribution in [3.05, 3.63) is 125 Å². The van der Waals surface area contributed by atoms with Gasteiger partial charge in [-0.15, -0.1) is 0 Å². The highest BCUT2D eigenvalue weighted by molar-refractivity contribution is 7.81. The molecule has 36 heavy (non-hydrogen) atoms. The zero-order chi connectivity index (χ0) is 25.2. The van der Waals surface area contributed by atoms with Gasteiger partial charge < -0.3 is 4.57 Å². The molecule has 0 atom stereocenters. The maximum atomic E-state index is 13.7. The van der Waals surface area contributed by atoms with Crippen LogP contribution in [-0.2, 0) is 9.59 Å². The molecule has 1 aromatic heterocycles. The molecule has 9 heteroatoms. The Kier molecular flexibility index (Phi) is 5.97. The normalized spacial score (nSPS) is 13.8. The van der Waals surface area contributed by atoms with Crippen molar-refractivity contribution < 1.29 is 14.5 Å². The van der Waals surface area contributed by atoms with Crippen LogP contribution in [0.1, 0.15) is 5.69 Å². The van der Waals surface area contributed by atoms with E-state index >= 15 is 0 Å². The van der Waals surface area contributed by atoms with Crippen molar-refractivity contribution in [3.8, 4) is 5.69 Å². The summed E-state index contributed by atoms with van der Waals surface area (Å²) >= 11 is 5.62. The van der Waals surface area contributed by atoms with Crippen LogP contribution >= 0.6 is 12.2 Å². The van der Waals surface area contributed by atoms with Gasteiger partial charge in [-0.3, -0.25) is 29.5 Å². The third kappa shape index (κ3) is 4.08. The Labute approximate surface area is 211 Å². The van der Waals surface area contributed by atoms with Gasteiger partial charge in [-0.2, -0.15) is 0 Å². The van der Waals surface area contributed by atoms with Gasteiger partial charge in [-0.1, -0.05) is 42.5 Å². The van der Waals surface area contributed by atoms with Crippen LogP contribution in [-0.4, -0.2) is 26.4 Å². The maximum absolute atomic E-state index is 13.7. The molecule has 0 N–H and O–H groups in total. The van der Waals surface area contributed by atoms with Gasteiger partial charge in [0.15, 0.2) is 5.11 Å². The minimum Gasteiger partial charge on any atom is -0.317 e. The molecule has 1 saturated heterocycles. The van der Waals surface area contributed by atoms with Crippen LogP contribution in [0.25, 0.3) is 11.8 Å². The second-order valence-corrected chi connectivity index (χ2v) is 8.24. The monoisotopic (exact) mass is 494 g/mol. The molecular formula is C27H18N4O4S. The van der Waals surface area contributed by atoms with Crippen LogP contribution in [0.15, 0.2) is 109 Å². The Morgan fingerprint density at radius 1 is 0.722 bits per heavy atom. The molecule has 0 unspecified atom stereocenters. The molecular weight excluding hydrogens is 476 g/mol. The van der Waals surface area contributed by atoms with E-state index in [0.717, 1.165) is 0 Å². The molecule has 176 valence electrons. The van der Waals surface area contributed by atoms with Crippen LogP contribution in [0, 0.1) is 10.1 Å². The van der Waals surface area contributed by atoms with Crippen LogP contribution in [0.4, 0.5) is 17.1 Å². The fourth-order valence-corrected chi connectivity index (χ4v) is 4.37. The molecule has 3 aromatic carbocycles. The molecule has 5 rings (SSSR count). The van der Waals surface area contributed by atoms with Gasteiger partial charge in [0.05, 0.1) is 22.0 Å². The maximum Gasteiger partial charge on any atom is 0.271 e. The molecule has 1 fully saturated rings. The van der Waals surface area contributed by atoms with Crippen molar-refractivity contribution in [2.24, 2.45) is 0 Å². The Morgan fingerprint density at radius 3 is 1.83 bits per heavy atom. The summed E-state index contributed by atoms with van der Waals surface area (Å²) in [6, 6.07) is 27.3. The Balaban J connectivity index is 1.64. The van der Waals surface area contributed by atoms with E-state index < -0.39 is 16.7 Å². The van der Waals surface area contributed by atoms with Crippen LogP contribution in [0.5, 0.6) is 0 Å². The first kappa shape index (κ1) is 22.9. The number of carbonyl (C=O) groups is 2. The highest BCUT2D eigenvalue weighted by Crippen LogP contribution is 2.30. The predicted octanol–water partition coefficient (Wildman–Crippen LogP) is 5.13. The number of rotatable bonds is 5. The summed E-state index contributed by atoms with van der Waals surface area (Å²) in [4.78, 5) is 40.8. The van der Waals surface area contributed by atoms with Gasteiger partial charge in [0, 0.05) is 24.0 Å². The number of hydrogen-bond donors (Lipinski definition) is 0. The average Bonchev–Trinajstić information content (AvgIpc) is 3.36. The highest BCUT2D eigenvalue weighted by Gasteiger charge is 2.41. The van der Waals surface area contributed by atoms with Crippen molar-refractivity contribution in [2.45, 2.75) is 0 Å².